The summed E-state index contributed by atoms with van der Waals surface area (Å²) >= 11 is 0. The van der Waals surface area contributed by atoms with Crippen molar-refractivity contribution >= 4 is 17.7 Å². The number of hydrogen-bond acceptors (Lipinski definition) is 5. The van der Waals surface area contributed by atoms with Gasteiger partial charge < -0.3 is 20.1 Å². The predicted octanol–water partition coefficient (Wildman–Crippen LogP) is 1.60. The monoisotopic (exact) mass is 333 g/mol. The Kier molecular flexibility index (Phi) is 5.20. The molecule has 2 fully saturated rings. The number of nitrogens with zero attached hydrogens (tertiary/aromatic N) is 1. The van der Waals surface area contributed by atoms with Crippen LogP contribution in [0, 0.1) is 0 Å². The molecule has 130 valence electrons. The normalized spacial score (nSPS) is 22.0. The Labute approximate surface area is 141 Å². The maximum Gasteiger partial charge on any atom is 0.323 e. The third-order valence-electron chi connectivity index (χ3n) is 4.54. The molecular formula is C17H23N3O4. The fourth-order valence-corrected chi connectivity index (χ4v) is 3.23. The number of carbonyl (C=O) groups excluding carboxylic acids is 2. The van der Waals surface area contributed by atoms with Crippen LogP contribution in [-0.4, -0.2) is 55.8 Å². The molecule has 2 aliphatic rings. The van der Waals surface area contributed by atoms with Gasteiger partial charge in [-0.05, 0) is 25.0 Å². The Morgan fingerprint density at radius 1 is 1.29 bits per heavy atom. The van der Waals surface area contributed by atoms with Gasteiger partial charge in [0, 0.05) is 37.3 Å². The summed E-state index contributed by atoms with van der Waals surface area (Å²) in [5.41, 5.74) is 0.693. The number of urea groups is 1. The number of benzene rings is 1. The average Bonchev–Trinajstić information content (AvgIpc) is 3.01. The van der Waals surface area contributed by atoms with Gasteiger partial charge in [0.05, 0.1) is 13.7 Å². The number of carbonyl (C=O) groups is 2. The Balaban J connectivity index is 1.45. The molecule has 0 unspecified atom stereocenters. The van der Waals surface area contributed by atoms with Crippen molar-refractivity contribution < 1.29 is 19.1 Å². The summed E-state index contributed by atoms with van der Waals surface area (Å²) in [5.74, 6) is 0.585. The zero-order chi connectivity index (χ0) is 16.9. The molecule has 0 aliphatic carbocycles. The van der Waals surface area contributed by atoms with Crippen LogP contribution in [0.5, 0.6) is 5.75 Å². The molecule has 1 atom stereocenters. The summed E-state index contributed by atoms with van der Waals surface area (Å²) in [6, 6.07) is 7.04. The van der Waals surface area contributed by atoms with E-state index >= 15 is 0 Å². The highest BCUT2D eigenvalue weighted by atomic mass is 16.5. The summed E-state index contributed by atoms with van der Waals surface area (Å²) < 4.78 is 10.2. The highest BCUT2D eigenvalue weighted by Gasteiger charge is 2.34. The Morgan fingerprint density at radius 3 is 2.75 bits per heavy atom. The lowest BCUT2D eigenvalue weighted by atomic mass is 10.0. The zero-order valence-electron chi connectivity index (χ0n) is 13.8. The Hall–Kier alpha value is -2.28. The van der Waals surface area contributed by atoms with Gasteiger partial charge in [0.25, 0.3) is 0 Å². The molecule has 1 aromatic carbocycles. The Morgan fingerprint density at radius 2 is 2.08 bits per heavy atom. The molecule has 0 spiro atoms. The van der Waals surface area contributed by atoms with Crippen LogP contribution in [-0.2, 0) is 9.53 Å². The van der Waals surface area contributed by atoms with Gasteiger partial charge in [0.2, 0.25) is 0 Å². The quantitative estimate of drug-likeness (QED) is 0.818. The number of ether oxygens (including phenoxy) is 2. The van der Waals surface area contributed by atoms with Crippen molar-refractivity contribution in [1.29, 1.82) is 0 Å². The number of esters is 1. The van der Waals surface area contributed by atoms with Crippen molar-refractivity contribution in [2.24, 2.45) is 0 Å². The highest BCUT2D eigenvalue weighted by Crippen LogP contribution is 2.20. The topological polar surface area (TPSA) is 79.9 Å². The summed E-state index contributed by atoms with van der Waals surface area (Å²) in [5, 5.41) is 5.81. The lowest BCUT2D eigenvalue weighted by molar-refractivity contribution is -0.142. The van der Waals surface area contributed by atoms with Gasteiger partial charge in [-0.2, -0.15) is 0 Å². The lowest BCUT2D eigenvalue weighted by Crippen LogP contribution is -2.49. The van der Waals surface area contributed by atoms with Gasteiger partial charge in [-0.3, -0.25) is 9.69 Å². The van der Waals surface area contributed by atoms with Gasteiger partial charge >= 0.3 is 12.0 Å². The third-order valence-corrected chi connectivity index (χ3v) is 4.54. The number of hydrogen-bond donors (Lipinski definition) is 2. The van der Waals surface area contributed by atoms with Gasteiger partial charge in [0.1, 0.15) is 11.8 Å². The molecule has 3 rings (SSSR count). The molecule has 1 aromatic rings. The molecule has 0 aromatic heterocycles. The first-order valence-corrected chi connectivity index (χ1v) is 8.28. The number of piperidine rings is 1. The van der Waals surface area contributed by atoms with E-state index in [2.05, 4.69) is 15.5 Å². The predicted molar refractivity (Wildman–Crippen MR) is 89.1 cm³/mol. The van der Waals surface area contributed by atoms with Crippen LogP contribution in [0.1, 0.15) is 19.3 Å². The van der Waals surface area contributed by atoms with Crippen LogP contribution in [0.15, 0.2) is 24.3 Å². The molecule has 0 radical (unpaired) electrons. The van der Waals surface area contributed by atoms with E-state index in [1.807, 2.05) is 18.2 Å². The van der Waals surface area contributed by atoms with E-state index in [-0.39, 0.29) is 24.1 Å². The summed E-state index contributed by atoms with van der Waals surface area (Å²) in [7, 11) is 1.59. The molecule has 0 saturated carbocycles. The minimum atomic E-state index is -0.220. The van der Waals surface area contributed by atoms with Gasteiger partial charge in [-0.25, -0.2) is 4.79 Å². The van der Waals surface area contributed by atoms with Gasteiger partial charge in [-0.1, -0.05) is 6.07 Å². The summed E-state index contributed by atoms with van der Waals surface area (Å²) in [6.07, 6.45) is 2.43. The summed E-state index contributed by atoms with van der Waals surface area (Å²) in [6.45, 7) is 2.11. The zero-order valence-corrected chi connectivity index (χ0v) is 13.8. The molecule has 2 heterocycles. The van der Waals surface area contributed by atoms with E-state index in [9.17, 15) is 9.59 Å². The van der Waals surface area contributed by atoms with E-state index in [1.54, 1.807) is 13.2 Å². The first-order valence-electron chi connectivity index (χ1n) is 8.28. The van der Waals surface area contributed by atoms with E-state index in [4.69, 9.17) is 9.47 Å². The molecule has 0 bridgehead atoms. The second-order valence-corrected chi connectivity index (χ2v) is 6.11. The van der Waals surface area contributed by atoms with Crippen LogP contribution in [0.4, 0.5) is 10.5 Å². The Bertz CT molecular complexity index is 599. The lowest BCUT2D eigenvalue weighted by Gasteiger charge is -2.34. The standard InChI is InChI=1S/C17H23N3O4/c1-23-14-4-2-3-13(11-14)19-17(22)18-12-5-8-20(9-6-12)15-7-10-24-16(15)21/h2-4,11-12,15H,5-10H2,1H3,(H2,18,19,22)/t15-/m1/s1. The van der Waals surface area contributed by atoms with Gasteiger partial charge in [0.15, 0.2) is 0 Å². The number of rotatable bonds is 4. The molecule has 2 aliphatic heterocycles. The first kappa shape index (κ1) is 16.6. The number of cyclic esters (lactones) is 1. The molecule has 7 heteroatoms. The molecule has 2 N–H and O–H groups in total. The van der Waals surface area contributed by atoms with Crippen molar-refractivity contribution in [3.63, 3.8) is 0 Å². The van der Waals surface area contributed by atoms with Crippen molar-refractivity contribution in [1.82, 2.24) is 10.2 Å². The van der Waals surface area contributed by atoms with E-state index < -0.39 is 0 Å². The smallest absolute Gasteiger partial charge is 0.323 e. The number of nitrogens with one attached hydrogen (secondary N) is 2. The van der Waals surface area contributed by atoms with Crippen molar-refractivity contribution in [2.45, 2.75) is 31.3 Å². The van der Waals surface area contributed by atoms with Crippen LogP contribution in [0.3, 0.4) is 0 Å². The van der Waals surface area contributed by atoms with Crippen molar-refractivity contribution in [3.05, 3.63) is 24.3 Å². The van der Waals surface area contributed by atoms with Crippen LogP contribution < -0.4 is 15.4 Å². The maximum atomic E-state index is 12.1. The average molecular weight is 333 g/mol. The van der Waals surface area contributed by atoms with Crippen molar-refractivity contribution in [2.75, 3.05) is 32.1 Å². The molecule has 2 amide bonds. The van der Waals surface area contributed by atoms with Crippen LogP contribution in [0.2, 0.25) is 0 Å². The van der Waals surface area contributed by atoms with E-state index in [1.165, 1.54) is 0 Å². The molecule has 24 heavy (non-hydrogen) atoms. The molecular weight excluding hydrogens is 310 g/mol. The largest absolute Gasteiger partial charge is 0.497 e. The van der Waals surface area contributed by atoms with Crippen LogP contribution >= 0.6 is 0 Å². The summed E-state index contributed by atoms with van der Waals surface area (Å²) in [4.78, 5) is 25.9. The maximum absolute atomic E-state index is 12.1. The van der Waals surface area contributed by atoms with E-state index in [0.717, 1.165) is 32.4 Å². The minimum absolute atomic E-state index is 0.100. The fraction of sp³-hybridized carbons (Fsp3) is 0.529. The number of likely N-dealkylation sites (tertiary alicyclic amines) is 1. The van der Waals surface area contributed by atoms with Crippen LogP contribution in [0.25, 0.3) is 0 Å². The number of methoxy groups -OCH3 is 1. The number of amides is 2. The van der Waals surface area contributed by atoms with Crippen molar-refractivity contribution in [3.8, 4) is 5.75 Å². The fourth-order valence-electron chi connectivity index (χ4n) is 3.23. The number of anilines is 1. The van der Waals surface area contributed by atoms with E-state index in [0.29, 0.717) is 18.0 Å². The molecule has 7 nitrogen and oxygen atoms in total. The second-order valence-electron chi connectivity index (χ2n) is 6.11. The molecule has 2 saturated heterocycles. The highest BCUT2D eigenvalue weighted by molar-refractivity contribution is 5.89. The minimum Gasteiger partial charge on any atom is -0.497 e. The third kappa shape index (κ3) is 3.97. The second kappa shape index (κ2) is 7.53. The van der Waals surface area contributed by atoms with Gasteiger partial charge in [-0.15, -0.1) is 0 Å². The first-order chi connectivity index (χ1) is 11.7. The SMILES string of the molecule is COc1cccc(NC(=O)NC2CCN([C@@H]3CCOC3=O)CC2)c1.